The second-order valence-corrected chi connectivity index (χ2v) is 9.84. The fourth-order valence-corrected chi connectivity index (χ4v) is 4.41. The van der Waals surface area contributed by atoms with Gasteiger partial charge in [-0.2, -0.15) is 0 Å². The molecule has 0 spiro atoms. The van der Waals surface area contributed by atoms with E-state index in [-0.39, 0.29) is 24.0 Å². The van der Waals surface area contributed by atoms with Gasteiger partial charge in [0.2, 0.25) is 12.7 Å². The number of nitrogens with one attached hydrogen (secondary N) is 1. The number of hydrogen-bond acceptors (Lipinski definition) is 6. The van der Waals surface area contributed by atoms with E-state index in [1.54, 1.807) is 22.2 Å². The van der Waals surface area contributed by atoms with Crippen molar-refractivity contribution in [2.75, 3.05) is 26.1 Å². The quantitative estimate of drug-likeness (QED) is 0.676. The van der Waals surface area contributed by atoms with Gasteiger partial charge >= 0.3 is 0 Å². The Morgan fingerprint density at radius 2 is 1.71 bits per heavy atom. The summed E-state index contributed by atoms with van der Waals surface area (Å²) in [5, 5.41) is 7.13. The third-order valence-corrected chi connectivity index (χ3v) is 6.62. The molecule has 1 amide bonds. The van der Waals surface area contributed by atoms with Crippen LogP contribution in [0.2, 0.25) is 0 Å². The minimum atomic E-state index is -3.26. The van der Waals surface area contributed by atoms with Crippen LogP contribution in [0.5, 0.6) is 11.5 Å². The number of ether oxygens (including phenoxy) is 2. The Labute approximate surface area is 186 Å². The Balaban J connectivity index is 1.35. The highest BCUT2D eigenvalue weighted by molar-refractivity contribution is 7.90. The second kappa shape index (κ2) is 8.72. The third-order valence-electron chi connectivity index (χ3n) is 5.14. The van der Waals surface area contributed by atoms with Crippen LogP contribution >= 0.6 is 12.2 Å². The van der Waals surface area contributed by atoms with Crippen LogP contribution in [-0.4, -0.2) is 55.6 Å². The van der Waals surface area contributed by atoms with Crippen LogP contribution in [0.15, 0.2) is 47.4 Å². The zero-order chi connectivity index (χ0) is 22.0. The molecule has 1 saturated heterocycles. The van der Waals surface area contributed by atoms with Gasteiger partial charge in [0.05, 0.1) is 11.3 Å². The van der Waals surface area contributed by atoms with Gasteiger partial charge in [-0.3, -0.25) is 14.8 Å². The van der Waals surface area contributed by atoms with Crippen molar-refractivity contribution >= 4 is 33.1 Å². The molecule has 2 aliphatic rings. The molecule has 31 heavy (non-hydrogen) atoms. The van der Waals surface area contributed by atoms with E-state index < -0.39 is 9.84 Å². The maximum atomic E-state index is 12.9. The predicted molar refractivity (Wildman–Crippen MR) is 118 cm³/mol. The van der Waals surface area contributed by atoms with Crippen molar-refractivity contribution in [2.24, 2.45) is 0 Å². The van der Waals surface area contributed by atoms with Crippen molar-refractivity contribution in [3.05, 3.63) is 53.6 Å². The molecular formula is C21H23N3O5S2. The van der Waals surface area contributed by atoms with Crippen molar-refractivity contribution in [3.8, 4) is 11.5 Å². The first-order chi connectivity index (χ1) is 14.8. The second-order valence-electron chi connectivity index (χ2n) is 7.43. The van der Waals surface area contributed by atoms with Crippen LogP contribution in [0.3, 0.4) is 0 Å². The van der Waals surface area contributed by atoms with E-state index in [1.807, 2.05) is 18.2 Å². The average molecular weight is 462 g/mol. The number of fused-ring (bicyclic) bond motifs is 1. The molecule has 0 atom stereocenters. The van der Waals surface area contributed by atoms with Gasteiger partial charge in [0, 0.05) is 25.9 Å². The van der Waals surface area contributed by atoms with Crippen LogP contribution in [0.4, 0.5) is 0 Å². The van der Waals surface area contributed by atoms with E-state index >= 15 is 0 Å². The van der Waals surface area contributed by atoms with Crippen molar-refractivity contribution in [3.63, 3.8) is 0 Å². The number of benzene rings is 2. The molecule has 10 heteroatoms. The van der Waals surface area contributed by atoms with Crippen LogP contribution in [0, 0.1) is 0 Å². The molecule has 8 nitrogen and oxygen atoms in total. The van der Waals surface area contributed by atoms with Crippen LogP contribution < -0.4 is 14.8 Å². The van der Waals surface area contributed by atoms with E-state index in [0.717, 1.165) is 29.6 Å². The van der Waals surface area contributed by atoms with Crippen molar-refractivity contribution in [1.29, 1.82) is 0 Å². The summed E-state index contributed by atoms with van der Waals surface area (Å²) in [6, 6.07) is 12.1. The lowest BCUT2D eigenvalue weighted by Gasteiger charge is -2.30. The van der Waals surface area contributed by atoms with Crippen molar-refractivity contribution in [2.45, 2.75) is 24.3 Å². The van der Waals surface area contributed by atoms with Crippen molar-refractivity contribution in [1.82, 2.24) is 15.3 Å². The molecule has 0 aliphatic carbocycles. The van der Waals surface area contributed by atoms with Crippen LogP contribution in [-0.2, 0) is 27.6 Å². The highest BCUT2D eigenvalue weighted by atomic mass is 32.2. The average Bonchev–Trinajstić information content (AvgIpc) is 3.41. The fourth-order valence-electron chi connectivity index (χ4n) is 3.52. The SMILES string of the molecule is CS(=O)(=O)c1ccc(CC(=O)N2CCCN2C(=S)NCc2ccc3c(c2)OCO3)cc1. The number of rotatable bonds is 5. The Morgan fingerprint density at radius 3 is 2.45 bits per heavy atom. The zero-order valence-electron chi connectivity index (χ0n) is 17.0. The lowest BCUT2D eigenvalue weighted by Crippen LogP contribution is -2.49. The minimum Gasteiger partial charge on any atom is -0.454 e. The molecule has 0 saturated carbocycles. The molecule has 0 unspecified atom stereocenters. The Bertz CT molecular complexity index is 1100. The van der Waals surface area contributed by atoms with Gasteiger partial charge in [0.25, 0.3) is 0 Å². The summed E-state index contributed by atoms with van der Waals surface area (Å²) in [5.74, 6) is 1.36. The summed E-state index contributed by atoms with van der Waals surface area (Å²) in [6.45, 7) is 1.98. The van der Waals surface area contributed by atoms with Crippen molar-refractivity contribution < 1.29 is 22.7 Å². The summed E-state index contributed by atoms with van der Waals surface area (Å²) >= 11 is 5.53. The lowest BCUT2D eigenvalue weighted by atomic mass is 10.1. The standard InChI is InChI=1S/C21H23N3O5S2/c1-31(26,27)17-6-3-15(4-7-17)12-20(25)23-9-2-10-24(23)21(30)22-13-16-5-8-18-19(11-16)29-14-28-18/h3-8,11H,2,9-10,12-14H2,1H3,(H,22,30). The summed E-state index contributed by atoms with van der Waals surface area (Å²) in [5.41, 5.74) is 1.75. The lowest BCUT2D eigenvalue weighted by molar-refractivity contribution is -0.138. The first kappa shape index (κ1) is 21.4. The number of thiocarbonyl (C=S) groups is 1. The molecule has 1 N–H and O–H groups in total. The zero-order valence-corrected chi connectivity index (χ0v) is 18.7. The van der Waals surface area contributed by atoms with Gasteiger partial charge in [0.1, 0.15) is 0 Å². The first-order valence-corrected chi connectivity index (χ1v) is 12.1. The van der Waals surface area contributed by atoms with Crippen LogP contribution in [0.1, 0.15) is 17.5 Å². The highest BCUT2D eigenvalue weighted by Crippen LogP contribution is 2.32. The van der Waals surface area contributed by atoms with Crippen LogP contribution in [0.25, 0.3) is 0 Å². The minimum absolute atomic E-state index is 0.0863. The van der Waals surface area contributed by atoms with Gasteiger partial charge in [-0.15, -0.1) is 0 Å². The highest BCUT2D eigenvalue weighted by Gasteiger charge is 2.28. The van der Waals surface area contributed by atoms with Gasteiger partial charge < -0.3 is 14.8 Å². The molecule has 2 aromatic carbocycles. The summed E-state index contributed by atoms with van der Waals surface area (Å²) < 4.78 is 33.9. The molecule has 0 radical (unpaired) electrons. The van der Waals surface area contributed by atoms with Gasteiger partial charge in [-0.25, -0.2) is 8.42 Å². The number of carbonyl (C=O) groups is 1. The van der Waals surface area contributed by atoms with E-state index in [4.69, 9.17) is 21.7 Å². The van der Waals surface area contributed by atoms with Gasteiger partial charge in [-0.1, -0.05) is 18.2 Å². The number of nitrogens with zero attached hydrogens (tertiary/aromatic N) is 2. The maximum absolute atomic E-state index is 12.9. The topological polar surface area (TPSA) is 88.2 Å². The molecule has 2 aliphatic heterocycles. The number of hydrazine groups is 1. The Hall–Kier alpha value is -2.85. The maximum Gasteiger partial charge on any atom is 0.245 e. The van der Waals surface area contributed by atoms with E-state index in [2.05, 4.69) is 5.32 Å². The first-order valence-electron chi connectivity index (χ1n) is 9.84. The van der Waals surface area contributed by atoms with E-state index in [9.17, 15) is 13.2 Å². The molecular weight excluding hydrogens is 438 g/mol. The predicted octanol–water partition coefficient (Wildman–Crippen LogP) is 1.89. The monoisotopic (exact) mass is 461 g/mol. The van der Waals surface area contributed by atoms with Gasteiger partial charge in [-0.05, 0) is 54.0 Å². The normalized spacial score (nSPS) is 15.3. The molecule has 0 bridgehead atoms. The molecule has 1 fully saturated rings. The number of hydrogen-bond donors (Lipinski definition) is 1. The van der Waals surface area contributed by atoms with E-state index in [1.165, 1.54) is 12.1 Å². The largest absolute Gasteiger partial charge is 0.454 e. The molecule has 2 heterocycles. The summed E-state index contributed by atoms with van der Waals surface area (Å²) in [6.07, 6.45) is 2.16. The summed E-state index contributed by atoms with van der Waals surface area (Å²) in [7, 11) is -3.26. The molecule has 4 rings (SSSR count). The smallest absolute Gasteiger partial charge is 0.245 e. The molecule has 0 aromatic heterocycles. The molecule has 2 aromatic rings. The number of sulfone groups is 1. The number of carbonyl (C=O) groups excluding carboxylic acids is 1. The Kier molecular flexibility index (Phi) is 6.01. The Morgan fingerprint density at radius 1 is 1.03 bits per heavy atom. The number of amides is 1. The van der Waals surface area contributed by atoms with E-state index in [0.29, 0.717) is 30.5 Å². The summed E-state index contributed by atoms with van der Waals surface area (Å²) in [4.78, 5) is 13.1. The molecule has 164 valence electrons. The third kappa shape index (κ3) is 4.91. The van der Waals surface area contributed by atoms with Gasteiger partial charge in [0.15, 0.2) is 26.4 Å². The fraction of sp³-hybridized carbons (Fsp3) is 0.333.